The van der Waals surface area contributed by atoms with Crippen LogP contribution in [-0.4, -0.2) is 58.3 Å². The molecule has 38 heavy (non-hydrogen) atoms. The number of benzene rings is 3. The average Bonchev–Trinajstić information content (AvgIpc) is 3.26. The Hall–Kier alpha value is -4.95. The highest BCUT2D eigenvalue weighted by Gasteiger charge is 2.27. The summed E-state index contributed by atoms with van der Waals surface area (Å²) in [4.78, 5) is 32.7. The lowest BCUT2D eigenvalue weighted by molar-refractivity contribution is 0.0837. The predicted octanol–water partition coefficient (Wildman–Crippen LogP) is 1.70. The van der Waals surface area contributed by atoms with Crippen molar-refractivity contribution in [2.24, 2.45) is 16.6 Å². The molecular formula is C24H23N7O6S. The molecule has 0 atom stereocenters. The fourth-order valence-electron chi connectivity index (χ4n) is 3.97. The van der Waals surface area contributed by atoms with Crippen LogP contribution in [0.2, 0.25) is 0 Å². The van der Waals surface area contributed by atoms with Gasteiger partial charge in [0.25, 0.3) is 5.91 Å². The number of rotatable bonds is 5. The quantitative estimate of drug-likeness (QED) is 0.145. The van der Waals surface area contributed by atoms with E-state index in [9.17, 15) is 28.2 Å². The molecule has 0 unspecified atom stereocenters. The Labute approximate surface area is 216 Å². The van der Waals surface area contributed by atoms with Crippen molar-refractivity contribution in [1.82, 2.24) is 14.9 Å². The lowest BCUT2D eigenvalue weighted by Crippen LogP contribution is -2.37. The van der Waals surface area contributed by atoms with E-state index in [0.717, 1.165) is 18.2 Å². The van der Waals surface area contributed by atoms with E-state index in [0.29, 0.717) is 21.5 Å². The molecular weight excluding hydrogens is 514 g/mol. The summed E-state index contributed by atoms with van der Waals surface area (Å²) in [5.41, 5.74) is 12.0. The van der Waals surface area contributed by atoms with Crippen LogP contribution in [0, 0.1) is 12.3 Å². The van der Waals surface area contributed by atoms with E-state index in [1.54, 1.807) is 18.2 Å². The molecule has 14 heteroatoms. The number of imide groups is 1. The summed E-state index contributed by atoms with van der Waals surface area (Å²) in [6.45, 7) is 1.45. The minimum atomic E-state index is -4.19. The van der Waals surface area contributed by atoms with E-state index in [1.165, 1.54) is 20.0 Å². The first kappa shape index (κ1) is 26.1. The van der Waals surface area contributed by atoms with Crippen LogP contribution in [0.3, 0.4) is 0 Å². The Morgan fingerprint density at radius 3 is 2.34 bits per heavy atom. The van der Waals surface area contributed by atoms with Gasteiger partial charge in [-0.05, 0) is 55.0 Å². The van der Waals surface area contributed by atoms with Gasteiger partial charge in [0.05, 0.1) is 21.5 Å². The van der Waals surface area contributed by atoms with Crippen LogP contribution in [-0.2, 0) is 10.0 Å². The number of imidazole rings is 1. The fraction of sp³-hybridized carbons (Fsp3) is 0.0833. The van der Waals surface area contributed by atoms with Gasteiger partial charge in [0, 0.05) is 29.3 Å². The number of hydrogen-bond donors (Lipinski definition) is 7. The zero-order valence-corrected chi connectivity index (χ0v) is 20.9. The first-order valence-corrected chi connectivity index (χ1v) is 12.4. The van der Waals surface area contributed by atoms with Crippen LogP contribution >= 0.6 is 0 Å². The number of aromatic amines is 1. The summed E-state index contributed by atoms with van der Waals surface area (Å²) in [5, 5.41) is 34.9. The maximum atomic E-state index is 13.2. The van der Waals surface area contributed by atoms with Gasteiger partial charge in [-0.25, -0.2) is 23.3 Å². The van der Waals surface area contributed by atoms with Crippen molar-refractivity contribution >= 4 is 38.8 Å². The van der Waals surface area contributed by atoms with Crippen LogP contribution in [0.25, 0.3) is 33.5 Å². The molecule has 0 aliphatic rings. The number of primary sulfonamides is 1. The summed E-state index contributed by atoms with van der Waals surface area (Å²) in [5.74, 6) is -1.77. The number of nitrogen functional groups attached to an aromatic ring is 1. The molecule has 0 radical (unpaired) electrons. The summed E-state index contributed by atoms with van der Waals surface area (Å²) in [6, 6.07) is 8.26. The van der Waals surface area contributed by atoms with Gasteiger partial charge in [0.15, 0.2) is 0 Å². The molecule has 0 saturated heterocycles. The van der Waals surface area contributed by atoms with Crippen LogP contribution in [0.15, 0.2) is 47.4 Å². The molecule has 3 aromatic carbocycles. The second kappa shape index (κ2) is 9.17. The van der Waals surface area contributed by atoms with Gasteiger partial charge in [0.1, 0.15) is 23.2 Å². The zero-order valence-electron chi connectivity index (χ0n) is 20.1. The molecule has 10 N–H and O–H groups in total. The Morgan fingerprint density at radius 2 is 1.74 bits per heavy atom. The third-order valence-electron chi connectivity index (χ3n) is 6.04. The number of aromatic hydroxyl groups is 2. The van der Waals surface area contributed by atoms with E-state index in [2.05, 4.69) is 9.97 Å². The summed E-state index contributed by atoms with van der Waals surface area (Å²) in [7, 11) is -3.03. The highest BCUT2D eigenvalue weighted by atomic mass is 32.2. The molecule has 0 spiro atoms. The van der Waals surface area contributed by atoms with E-state index in [-0.39, 0.29) is 44.4 Å². The van der Waals surface area contributed by atoms with E-state index >= 15 is 0 Å². The van der Waals surface area contributed by atoms with Crippen LogP contribution < -0.4 is 16.6 Å². The summed E-state index contributed by atoms with van der Waals surface area (Å²) < 4.78 is 24.0. The number of sulfonamides is 1. The van der Waals surface area contributed by atoms with Crippen molar-refractivity contribution < 1.29 is 28.2 Å². The van der Waals surface area contributed by atoms with E-state index < -0.39 is 33.5 Å². The number of amidine groups is 1. The van der Waals surface area contributed by atoms with Crippen molar-refractivity contribution in [1.29, 1.82) is 5.41 Å². The standard InChI is InChI=1S/C24H23N7O6S/c1-10-13(23(34)31(2)24(27)35)9-15(22-29-16-5-3-11(21(25)26)7-17(16)30-22)20(33)19(10)14-8-12(38(28,36)37)4-6-18(14)32/h3-9,32-33H,1-2H3,(H3,25,26)(H2,27,35)(H,29,30)(H2,28,36,37). The number of carbonyl (C=O) groups is 2. The highest BCUT2D eigenvalue weighted by molar-refractivity contribution is 7.89. The fourth-order valence-corrected chi connectivity index (χ4v) is 4.51. The maximum absolute atomic E-state index is 13.2. The lowest BCUT2D eigenvalue weighted by Gasteiger charge is -2.20. The van der Waals surface area contributed by atoms with Gasteiger partial charge in [-0.15, -0.1) is 0 Å². The molecule has 0 fully saturated rings. The molecule has 4 aromatic rings. The number of H-pyrrole nitrogens is 1. The molecule has 3 amide bonds. The molecule has 196 valence electrons. The van der Waals surface area contributed by atoms with E-state index in [1.807, 2.05) is 0 Å². The summed E-state index contributed by atoms with van der Waals surface area (Å²) in [6.07, 6.45) is 0. The Balaban J connectivity index is 2.07. The second-order valence-corrected chi connectivity index (χ2v) is 10.0. The van der Waals surface area contributed by atoms with Gasteiger partial charge < -0.3 is 26.7 Å². The van der Waals surface area contributed by atoms with Crippen LogP contribution in [0.5, 0.6) is 11.5 Å². The monoisotopic (exact) mass is 537 g/mol. The second-order valence-electron chi connectivity index (χ2n) is 8.48. The number of aromatic nitrogens is 2. The number of nitrogens with two attached hydrogens (primary N) is 3. The lowest BCUT2D eigenvalue weighted by atomic mass is 9.91. The average molecular weight is 538 g/mol. The van der Waals surface area contributed by atoms with Gasteiger partial charge >= 0.3 is 6.03 Å². The largest absolute Gasteiger partial charge is 0.507 e. The number of primary amides is 1. The number of phenols is 2. The molecule has 0 bridgehead atoms. The number of nitrogens with zero attached hydrogens (tertiary/aromatic N) is 2. The number of fused-ring (bicyclic) bond motifs is 1. The van der Waals surface area contributed by atoms with Crippen molar-refractivity contribution in [3.8, 4) is 34.0 Å². The van der Waals surface area contributed by atoms with Gasteiger partial charge in [-0.1, -0.05) is 0 Å². The first-order valence-electron chi connectivity index (χ1n) is 10.9. The molecule has 1 heterocycles. The molecule has 4 rings (SSSR count). The number of amides is 3. The highest BCUT2D eigenvalue weighted by Crippen LogP contribution is 2.45. The number of carbonyl (C=O) groups excluding carboxylic acids is 2. The van der Waals surface area contributed by atoms with Gasteiger partial charge in [-0.3, -0.25) is 15.1 Å². The minimum absolute atomic E-state index is 0.00666. The number of hydrogen-bond acceptors (Lipinski definition) is 8. The maximum Gasteiger partial charge on any atom is 0.321 e. The Kier molecular flexibility index (Phi) is 6.30. The van der Waals surface area contributed by atoms with Crippen molar-refractivity contribution in [2.75, 3.05) is 7.05 Å². The van der Waals surface area contributed by atoms with Crippen LogP contribution in [0.1, 0.15) is 21.5 Å². The SMILES string of the molecule is Cc1c(C(=O)N(C)C(N)=O)cc(-c2nc3cc(C(=N)N)ccc3[nH]2)c(O)c1-c1cc(S(N)(=O)=O)ccc1O. The zero-order chi connectivity index (χ0) is 28.1. The van der Waals surface area contributed by atoms with Crippen molar-refractivity contribution in [2.45, 2.75) is 11.8 Å². The molecule has 0 aliphatic carbocycles. The number of phenolic OH excluding ortho intramolecular Hbond substituents is 2. The van der Waals surface area contributed by atoms with Crippen LogP contribution in [0.4, 0.5) is 4.79 Å². The van der Waals surface area contributed by atoms with Crippen molar-refractivity contribution in [3.05, 3.63) is 59.2 Å². The number of urea groups is 1. The minimum Gasteiger partial charge on any atom is -0.507 e. The van der Waals surface area contributed by atoms with Gasteiger partial charge in [-0.2, -0.15) is 0 Å². The summed E-state index contributed by atoms with van der Waals surface area (Å²) >= 11 is 0. The van der Waals surface area contributed by atoms with Crippen molar-refractivity contribution in [3.63, 3.8) is 0 Å². The number of nitrogens with one attached hydrogen (secondary N) is 2. The topological polar surface area (TPSA) is 243 Å². The molecule has 1 aromatic heterocycles. The smallest absolute Gasteiger partial charge is 0.321 e. The predicted molar refractivity (Wildman–Crippen MR) is 139 cm³/mol. The Bertz CT molecular complexity index is 1780. The normalized spacial score (nSPS) is 11.4. The third-order valence-corrected chi connectivity index (χ3v) is 6.95. The van der Waals surface area contributed by atoms with Gasteiger partial charge in [0.2, 0.25) is 10.0 Å². The molecule has 0 saturated carbocycles. The molecule has 13 nitrogen and oxygen atoms in total. The Morgan fingerprint density at radius 1 is 1.05 bits per heavy atom. The third kappa shape index (κ3) is 4.49. The molecule has 0 aliphatic heterocycles. The van der Waals surface area contributed by atoms with E-state index in [4.69, 9.17) is 22.0 Å². The first-order chi connectivity index (χ1) is 17.7.